The lowest BCUT2D eigenvalue weighted by Crippen LogP contribution is -2.31. The van der Waals surface area contributed by atoms with Crippen molar-refractivity contribution in [2.75, 3.05) is 0 Å². The summed E-state index contributed by atoms with van der Waals surface area (Å²) in [5.41, 5.74) is 6.91. The summed E-state index contributed by atoms with van der Waals surface area (Å²) in [7, 11) is 2.14. The van der Waals surface area contributed by atoms with Gasteiger partial charge in [0.05, 0.1) is 0 Å². The van der Waals surface area contributed by atoms with Crippen LogP contribution in [0.2, 0.25) is 0 Å². The van der Waals surface area contributed by atoms with E-state index in [1.54, 1.807) is 5.56 Å². The molecule has 1 aliphatic rings. The topological polar surface area (TPSA) is 3.88 Å². The summed E-state index contributed by atoms with van der Waals surface area (Å²) in [6.45, 7) is 4.39. The smallest absolute Gasteiger partial charge is 0.201 e. The summed E-state index contributed by atoms with van der Waals surface area (Å²) in [5, 5.41) is 0. The number of aryl methyl sites for hydroxylation is 3. The van der Waals surface area contributed by atoms with Crippen molar-refractivity contribution in [3.05, 3.63) is 53.2 Å². The highest BCUT2D eigenvalue weighted by atomic mass is 14.9. The summed E-state index contributed by atoms with van der Waals surface area (Å²) in [6, 6.07) is 11.5. The van der Waals surface area contributed by atoms with E-state index < -0.39 is 0 Å². The Labute approximate surface area is 128 Å². The van der Waals surface area contributed by atoms with E-state index in [2.05, 4.69) is 62.0 Å². The number of aromatic nitrogens is 1. The molecule has 0 amide bonds. The molecule has 0 spiro atoms. The monoisotopic (exact) mass is 280 g/mol. The molecule has 3 rings (SSSR count). The Hall–Kier alpha value is -1.63. The standard InChI is InChI=1S/C20H26N/c1-15-9-12-20(21(3)14-15)19-11-10-18(13-16(19)2)17-7-5-4-6-8-17/h9-14,17H,4-8H2,1-3H3/q+1. The molecule has 1 nitrogen and oxygen atoms in total. The number of nitrogens with zero attached hydrogens (tertiary/aromatic N) is 1. The third kappa shape index (κ3) is 3.02. The molecule has 0 bridgehead atoms. The van der Waals surface area contributed by atoms with E-state index in [9.17, 15) is 0 Å². The lowest BCUT2D eigenvalue weighted by Gasteiger charge is -2.22. The number of benzene rings is 1. The number of rotatable bonds is 2. The molecule has 1 aliphatic carbocycles. The van der Waals surface area contributed by atoms with Crippen molar-refractivity contribution in [2.24, 2.45) is 7.05 Å². The van der Waals surface area contributed by atoms with Crippen LogP contribution in [0.5, 0.6) is 0 Å². The second-order valence-corrected chi connectivity index (χ2v) is 6.61. The van der Waals surface area contributed by atoms with Gasteiger partial charge in [0, 0.05) is 17.2 Å². The van der Waals surface area contributed by atoms with Crippen LogP contribution in [0, 0.1) is 13.8 Å². The molecule has 0 aliphatic heterocycles. The highest BCUT2D eigenvalue weighted by molar-refractivity contribution is 5.61. The minimum absolute atomic E-state index is 0.790. The fourth-order valence-electron chi connectivity index (χ4n) is 3.69. The van der Waals surface area contributed by atoms with Gasteiger partial charge in [0.1, 0.15) is 7.05 Å². The number of hydrogen-bond donors (Lipinski definition) is 0. The van der Waals surface area contributed by atoms with Crippen molar-refractivity contribution in [2.45, 2.75) is 51.9 Å². The van der Waals surface area contributed by atoms with Gasteiger partial charge in [-0.25, -0.2) is 4.57 Å². The molecule has 1 aromatic heterocycles. The first-order valence-corrected chi connectivity index (χ1v) is 8.22. The van der Waals surface area contributed by atoms with Crippen LogP contribution in [0.25, 0.3) is 11.3 Å². The van der Waals surface area contributed by atoms with Crippen LogP contribution in [0.15, 0.2) is 36.5 Å². The Bertz CT molecular complexity index is 636. The van der Waals surface area contributed by atoms with Crippen molar-refractivity contribution >= 4 is 0 Å². The lowest BCUT2D eigenvalue weighted by molar-refractivity contribution is -0.660. The highest BCUT2D eigenvalue weighted by Crippen LogP contribution is 2.34. The van der Waals surface area contributed by atoms with Crippen LogP contribution in [-0.2, 0) is 7.05 Å². The lowest BCUT2D eigenvalue weighted by atomic mass is 9.83. The van der Waals surface area contributed by atoms with Gasteiger partial charge in [0.2, 0.25) is 5.69 Å². The van der Waals surface area contributed by atoms with Crippen LogP contribution >= 0.6 is 0 Å². The summed E-state index contributed by atoms with van der Waals surface area (Å²) in [6.07, 6.45) is 9.17. The van der Waals surface area contributed by atoms with Crippen LogP contribution in [-0.4, -0.2) is 0 Å². The van der Waals surface area contributed by atoms with Gasteiger partial charge >= 0.3 is 0 Å². The maximum absolute atomic E-state index is 2.42. The van der Waals surface area contributed by atoms with Crippen LogP contribution in [0.3, 0.4) is 0 Å². The predicted octanol–water partition coefficient (Wildman–Crippen LogP) is 4.84. The summed E-state index contributed by atoms with van der Waals surface area (Å²) >= 11 is 0. The average molecular weight is 280 g/mol. The molecule has 1 heterocycles. The average Bonchev–Trinajstić information content (AvgIpc) is 2.49. The molecule has 1 fully saturated rings. The first-order chi connectivity index (χ1) is 10.1. The first-order valence-electron chi connectivity index (χ1n) is 8.22. The van der Waals surface area contributed by atoms with Gasteiger partial charge in [-0.3, -0.25) is 0 Å². The van der Waals surface area contributed by atoms with Crippen molar-refractivity contribution in [3.8, 4) is 11.3 Å². The van der Waals surface area contributed by atoms with Crippen LogP contribution in [0.4, 0.5) is 0 Å². The van der Waals surface area contributed by atoms with Gasteiger partial charge < -0.3 is 0 Å². The van der Waals surface area contributed by atoms with Gasteiger partial charge in [-0.05, 0) is 55.9 Å². The maximum atomic E-state index is 2.42. The third-order valence-corrected chi connectivity index (χ3v) is 4.88. The quantitative estimate of drug-likeness (QED) is 0.693. The molecule has 1 heteroatoms. The molecule has 0 radical (unpaired) electrons. The fourth-order valence-corrected chi connectivity index (χ4v) is 3.69. The second kappa shape index (κ2) is 6.01. The Kier molecular flexibility index (Phi) is 4.10. The van der Waals surface area contributed by atoms with E-state index in [1.165, 1.54) is 54.5 Å². The zero-order chi connectivity index (χ0) is 14.8. The van der Waals surface area contributed by atoms with Gasteiger partial charge in [-0.15, -0.1) is 0 Å². The van der Waals surface area contributed by atoms with Gasteiger partial charge in [-0.2, -0.15) is 0 Å². The number of hydrogen-bond acceptors (Lipinski definition) is 0. The Morgan fingerprint density at radius 1 is 0.952 bits per heavy atom. The Morgan fingerprint density at radius 3 is 2.38 bits per heavy atom. The summed E-state index contributed by atoms with van der Waals surface area (Å²) in [5.74, 6) is 0.790. The predicted molar refractivity (Wildman–Crippen MR) is 88.4 cm³/mol. The fraction of sp³-hybridized carbons (Fsp3) is 0.450. The largest absolute Gasteiger partial charge is 0.212 e. The molecule has 0 saturated heterocycles. The van der Waals surface area contributed by atoms with E-state index in [0.717, 1.165) is 5.92 Å². The van der Waals surface area contributed by atoms with Gasteiger partial charge in [-0.1, -0.05) is 31.4 Å². The summed E-state index contributed by atoms with van der Waals surface area (Å²) in [4.78, 5) is 0. The number of pyridine rings is 1. The minimum atomic E-state index is 0.790. The molecule has 1 saturated carbocycles. The van der Waals surface area contributed by atoms with Crippen molar-refractivity contribution in [3.63, 3.8) is 0 Å². The SMILES string of the molecule is Cc1ccc(-c2ccc(C3CCCCC3)cc2C)[n+](C)c1. The Morgan fingerprint density at radius 2 is 1.71 bits per heavy atom. The zero-order valence-corrected chi connectivity index (χ0v) is 13.5. The molecule has 0 unspecified atom stereocenters. The van der Waals surface area contributed by atoms with E-state index in [4.69, 9.17) is 0 Å². The normalized spacial score (nSPS) is 16.1. The van der Waals surface area contributed by atoms with Crippen LogP contribution in [0.1, 0.15) is 54.7 Å². The van der Waals surface area contributed by atoms with Crippen molar-refractivity contribution in [1.29, 1.82) is 0 Å². The molecule has 21 heavy (non-hydrogen) atoms. The minimum Gasteiger partial charge on any atom is -0.201 e. The highest BCUT2D eigenvalue weighted by Gasteiger charge is 2.18. The van der Waals surface area contributed by atoms with Crippen molar-refractivity contribution in [1.82, 2.24) is 0 Å². The van der Waals surface area contributed by atoms with E-state index >= 15 is 0 Å². The molecule has 1 aromatic carbocycles. The molecule has 110 valence electrons. The third-order valence-electron chi connectivity index (χ3n) is 4.88. The van der Waals surface area contributed by atoms with Gasteiger partial charge in [0.15, 0.2) is 6.20 Å². The van der Waals surface area contributed by atoms with Crippen molar-refractivity contribution < 1.29 is 4.57 Å². The van der Waals surface area contributed by atoms with E-state index in [-0.39, 0.29) is 0 Å². The first kappa shape index (κ1) is 14.3. The zero-order valence-electron chi connectivity index (χ0n) is 13.5. The van der Waals surface area contributed by atoms with E-state index in [1.807, 2.05) is 0 Å². The Balaban J connectivity index is 1.93. The molecule has 0 N–H and O–H groups in total. The van der Waals surface area contributed by atoms with Gasteiger partial charge in [0.25, 0.3) is 0 Å². The van der Waals surface area contributed by atoms with Crippen LogP contribution < -0.4 is 4.57 Å². The molecular weight excluding hydrogens is 254 g/mol. The maximum Gasteiger partial charge on any atom is 0.212 e. The second-order valence-electron chi connectivity index (χ2n) is 6.61. The molecular formula is C20H26N+. The molecule has 0 atom stereocenters. The molecule has 2 aromatic rings. The summed E-state index contributed by atoms with van der Waals surface area (Å²) < 4.78 is 2.23. The van der Waals surface area contributed by atoms with E-state index in [0.29, 0.717) is 0 Å².